The predicted molar refractivity (Wildman–Crippen MR) is 138 cm³/mol. The van der Waals surface area contributed by atoms with Crippen molar-refractivity contribution in [3.05, 3.63) is 132 Å². The first-order chi connectivity index (χ1) is 16.0. The molecule has 0 fully saturated rings. The summed E-state index contributed by atoms with van der Waals surface area (Å²) in [5.41, 5.74) is 3.99. The van der Waals surface area contributed by atoms with Crippen LogP contribution < -0.4 is 9.18 Å². The van der Waals surface area contributed by atoms with E-state index >= 15 is 0 Å². The SMILES string of the molecule is Cc1ccc(S(=O)(=O)NC([Se]c2ccccc2)/C(=C/c2ccccc2)c2ccccc2)cc1. The summed E-state index contributed by atoms with van der Waals surface area (Å²) in [4.78, 5) is -0.122. The van der Waals surface area contributed by atoms with Gasteiger partial charge in [0.05, 0.1) is 0 Å². The second-order valence-electron chi connectivity index (χ2n) is 7.62. The Labute approximate surface area is 202 Å². The number of benzene rings is 4. The molecule has 1 atom stereocenters. The van der Waals surface area contributed by atoms with Gasteiger partial charge in [0, 0.05) is 0 Å². The van der Waals surface area contributed by atoms with Crippen molar-refractivity contribution in [1.82, 2.24) is 4.72 Å². The molecule has 4 rings (SSSR count). The monoisotopic (exact) mass is 519 g/mol. The third kappa shape index (κ3) is 6.31. The minimum absolute atomic E-state index is 0.185. The summed E-state index contributed by atoms with van der Waals surface area (Å²) in [7, 11) is -3.72. The van der Waals surface area contributed by atoms with E-state index in [1.54, 1.807) is 12.1 Å². The van der Waals surface area contributed by atoms with Gasteiger partial charge in [0.1, 0.15) is 0 Å². The standard InChI is InChI=1S/C28H25NO2SSe/c1-22-17-19-25(20-18-22)32(30,31)29-28(33-26-15-9-4-10-16-26)27(24-13-7-3-8-14-24)21-23-11-5-2-6-12-23/h2-21,28-29H,1H3/b27-21+. The maximum atomic E-state index is 13.4. The fourth-order valence-corrected chi connectivity index (χ4v) is 7.49. The van der Waals surface area contributed by atoms with Crippen LogP contribution in [0.25, 0.3) is 11.6 Å². The van der Waals surface area contributed by atoms with E-state index in [1.807, 2.05) is 97.9 Å². The van der Waals surface area contributed by atoms with Gasteiger partial charge in [0.2, 0.25) is 0 Å². The molecule has 0 bridgehead atoms. The van der Waals surface area contributed by atoms with E-state index < -0.39 is 15.0 Å². The minimum atomic E-state index is -3.72. The van der Waals surface area contributed by atoms with Crippen molar-refractivity contribution in [2.24, 2.45) is 0 Å². The maximum absolute atomic E-state index is 13.4. The normalized spacial score (nSPS) is 12.9. The van der Waals surface area contributed by atoms with Crippen LogP contribution in [0.4, 0.5) is 0 Å². The van der Waals surface area contributed by atoms with Gasteiger partial charge in [-0.2, -0.15) is 0 Å². The van der Waals surface area contributed by atoms with Crippen LogP contribution in [0.2, 0.25) is 0 Å². The fraction of sp³-hybridized carbons (Fsp3) is 0.0714. The molecule has 0 spiro atoms. The van der Waals surface area contributed by atoms with E-state index in [0.29, 0.717) is 0 Å². The van der Waals surface area contributed by atoms with Crippen molar-refractivity contribution < 1.29 is 8.42 Å². The summed E-state index contributed by atoms with van der Waals surface area (Å²) in [6.07, 6.45) is 2.09. The molecule has 0 aromatic heterocycles. The first-order valence-corrected chi connectivity index (χ1v) is 14.0. The number of hydrogen-bond donors (Lipinski definition) is 1. The van der Waals surface area contributed by atoms with Crippen LogP contribution in [0.5, 0.6) is 0 Å². The van der Waals surface area contributed by atoms with Gasteiger partial charge in [-0.05, 0) is 0 Å². The van der Waals surface area contributed by atoms with Crippen molar-refractivity contribution in [2.75, 3.05) is 0 Å². The van der Waals surface area contributed by atoms with Gasteiger partial charge >= 0.3 is 203 Å². The van der Waals surface area contributed by atoms with Crippen LogP contribution in [0.3, 0.4) is 0 Å². The molecule has 0 aliphatic carbocycles. The van der Waals surface area contributed by atoms with Crippen molar-refractivity contribution in [2.45, 2.75) is 16.8 Å². The Bertz CT molecular complexity index is 1300. The van der Waals surface area contributed by atoms with Gasteiger partial charge in [-0.1, -0.05) is 0 Å². The Kier molecular flexibility index (Phi) is 7.58. The van der Waals surface area contributed by atoms with Crippen molar-refractivity contribution in [3.63, 3.8) is 0 Å². The van der Waals surface area contributed by atoms with Gasteiger partial charge in [0.25, 0.3) is 0 Å². The molecule has 0 aliphatic rings. The van der Waals surface area contributed by atoms with Crippen molar-refractivity contribution in [3.8, 4) is 0 Å². The number of rotatable bonds is 8. The molecule has 1 N–H and O–H groups in total. The van der Waals surface area contributed by atoms with E-state index in [1.165, 1.54) is 0 Å². The molecular weight excluding hydrogens is 493 g/mol. The van der Waals surface area contributed by atoms with Crippen LogP contribution in [0, 0.1) is 6.92 Å². The quantitative estimate of drug-likeness (QED) is 0.267. The Morgan fingerprint density at radius 1 is 0.758 bits per heavy atom. The summed E-state index contributed by atoms with van der Waals surface area (Å²) < 4.78 is 31.0. The van der Waals surface area contributed by atoms with E-state index in [4.69, 9.17) is 0 Å². The van der Waals surface area contributed by atoms with Crippen LogP contribution in [-0.4, -0.2) is 28.3 Å². The van der Waals surface area contributed by atoms with Gasteiger partial charge in [-0.15, -0.1) is 0 Å². The van der Waals surface area contributed by atoms with Gasteiger partial charge < -0.3 is 0 Å². The third-order valence-corrected chi connectivity index (χ3v) is 9.29. The van der Waals surface area contributed by atoms with E-state index in [9.17, 15) is 8.42 Å². The summed E-state index contributed by atoms with van der Waals surface area (Å²) in [5, 5.41) is 0. The van der Waals surface area contributed by atoms with Crippen molar-refractivity contribution in [1.29, 1.82) is 0 Å². The first-order valence-electron chi connectivity index (χ1n) is 10.6. The van der Waals surface area contributed by atoms with E-state index in [2.05, 4.69) is 22.9 Å². The first kappa shape index (κ1) is 23.2. The van der Waals surface area contributed by atoms with Crippen LogP contribution in [0.1, 0.15) is 16.7 Å². The van der Waals surface area contributed by atoms with Crippen LogP contribution >= 0.6 is 0 Å². The molecular formula is C28H25NO2SSe. The molecule has 0 amide bonds. The molecule has 0 saturated carbocycles. The average molecular weight is 519 g/mol. The topological polar surface area (TPSA) is 46.2 Å². The molecule has 1 unspecified atom stereocenters. The Morgan fingerprint density at radius 3 is 1.91 bits per heavy atom. The number of aryl methyl sites for hydroxylation is 1. The van der Waals surface area contributed by atoms with Crippen LogP contribution in [-0.2, 0) is 10.0 Å². The average Bonchev–Trinajstić information content (AvgIpc) is 2.84. The Morgan fingerprint density at radius 2 is 1.30 bits per heavy atom. The molecule has 5 heteroatoms. The predicted octanol–water partition coefficient (Wildman–Crippen LogP) is 4.87. The third-order valence-electron chi connectivity index (χ3n) is 5.10. The van der Waals surface area contributed by atoms with Gasteiger partial charge in [-0.3, -0.25) is 0 Å². The fourth-order valence-electron chi connectivity index (χ4n) is 3.38. The molecule has 0 saturated heterocycles. The molecule has 4 aromatic carbocycles. The summed E-state index contributed by atoms with van der Waals surface area (Å²) in [6, 6.07) is 37.0. The molecule has 0 heterocycles. The summed E-state index contributed by atoms with van der Waals surface area (Å²) in [6.45, 7) is 1.95. The second kappa shape index (κ2) is 10.8. The number of sulfonamides is 1. The molecule has 4 aromatic rings. The van der Waals surface area contributed by atoms with Crippen LogP contribution in [0.15, 0.2) is 120 Å². The summed E-state index contributed by atoms with van der Waals surface area (Å²) in [5.74, 6) is 0. The van der Waals surface area contributed by atoms with Crippen molar-refractivity contribution >= 4 is 41.1 Å². The zero-order valence-corrected chi connectivity index (χ0v) is 20.8. The van der Waals surface area contributed by atoms with E-state index in [0.717, 1.165) is 26.7 Å². The Balaban J connectivity index is 1.80. The number of nitrogens with one attached hydrogen (secondary N) is 1. The van der Waals surface area contributed by atoms with E-state index in [-0.39, 0.29) is 19.9 Å². The molecule has 0 radical (unpaired) electrons. The molecule has 0 aliphatic heterocycles. The van der Waals surface area contributed by atoms with Gasteiger partial charge in [-0.25, -0.2) is 0 Å². The second-order valence-corrected chi connectivity index (χ2v) is 11.8. The molecule has 166 valence electrons. The number of hydrogen-bond acceptors (Lipinski definition) is 2. The van der Waals surface area contributed by atoms with Gasteiger partial charge in [0.15, 0.2) is 0 Å². The zero-order chi connectivity index (χ0) is 23.1. The molecule has 3 nitrogen and oxygen atoms in total. The zero-order valence-electron chi connectivity index (χ0n) is 18.3. The summed E-state index contributed by atoms with van der Waals surface area (Å²) >= 11 is -0.185. The molecule has 33 heavy (non-hydrogen) atoms. The Hall–Kier alpha value is -2.95.